The molecular formula is C21H24N4O5. The van der Waals surface area contributed by atoms with Crippen LogP contribution in [0.15, 0.2) is 42.7 Å². The first-order valence-electron chi connectivity index (χ1n) is 9.50. The van der Waals surface area contributed by atoms with Crippen molar-refractivity contribution in [3.8, 4) is 11.5 Å². The molecular weight excluding hydrogens is 388 g/mol. The molecule has 0 bridgehead atoms. The first-order chi connectivity index (χ1) is 14.5. The van der Waals surface area contributed by atoms with Crippen LogP contribution < -0.4 is 20.1 Å². The van der Waals surface area contributed by atoms with Gasteiger partial charge < -0.3 is 20.1 Å². The lowest BCUT2D eigenvalue weighted by Gasteiger charge is -2.15. The highest BCUT2D eigenvalue weighted by molar-refractivity contribution is 6.04. The summed E-state index contributed by atoms with van der Waals surface area (Å²) in [7, 11) is 3.05. The second-order valence-electron chi connectivity index (χ2n) is 6.79. The molecule has 0 aliphatic carbocycles. The number of carbonyl (C=O) groups excluding carboxylic acids is 3. The molecule has 1 saturated heterocycles. The topological polar surface area (TPSA) is 110 Å². The SMILES string of the molecule is COc1ccc(CN2C(=O)NC(CCC(=O)NCc3ccncc3)C2=O)cc1OC. The average molecular weight is 412 g/mol. The minimum Gasteiger partial charge on any atom is -0.493 e. The van der Waals surface area contributed by atoms with Gasteiger partial charge in [0.05, 0.1) is 20.8 Å². The Labute approximate surface area is 174 Å². The molecule has 2 aromatic rings. The standard InChI is InChI=1S/C21H24N4O5/c1-29-17-5-3-15(11-18(17)30-2)13-25-20(27)16(24-21(25)28)4-6-19(26)23-12-14-7-9-22-10-8-14/h3,5,7-11,16H,4,6,12-13H2,1-2H3,(H,23,26)(H,24,28). The average Bonchev–Trinajstić information content (AvgIpc) is 3.04. The zero-order valence-electron chi connectivity index (χ0n) is 16.9. The summed E-state index contributed by atoms with van der Waals surface area (Å²) in [5.74, 6) is 0.544. The molecule has 0 saturated carbocycles. The van der Waals surface area contributed by atoms with E-state index in [2.05, 4.69) is 15.6 Å². The highest BCUT2D eigenvalue weighted by Gasteiger charge is 2.37. The van der Waals surface area contributed by atoms with E-state index in [4.69, 9.17) is 9.47 Å². The zero-order chi connectivity index (χ0) is 21.5. The molecule has 1 aliphatic rings. The van der Waals surface area contributed by atoms with Gasteiger partial charge in [-0.05, 0) is 41.8 Å². The number of methoxy groups -OCH3 is 2. The molecule has 1 aromatic carbocycles. The lowest BCUT2D eigenvalue weighted by molar-refractivity contribution is -0.128. The van der Waals surface area contributed by atoms with Gasteiger partial charge in [0.1, 0.15) is 6.04 Å². The number of amides is 4. The minimum absolute atomic E-state index is 0.107. The highest BCUT2D eigenvalue weighted by Crippen LogP contribution is 2.28. The van der Waals surface area contributed by atoms with Gasteiger partial charge in [-0.3, -0.25) is 19.5 Å². The Balaban J connectivity index is 1.52. The second kappa shape index (κ2) is 9.73. The van der Waals surface area contributed by atoms with E-state index < -0.39 is 12.1 Å². The van der Waals surface area contributed by atoms with E-state index >= 15 is 0 Å². The number of rotatable bonds is 9. The fourth-order valence-electron chi connectivity index (χ4n) is 3.15. The van der Waals surface area contributed by atoms with E-state index in [1.165, 1.54) is 14.2 Å². The summed E-state index contributed by atoms with van der Waals surface area (Å²) in [5.41, 5.74) is 1.66. The first-order valence-corrected chi connectivity index (χ1v) is 9.50. The molecule has 0 radical (unpaired) electrons. The molecule has 1 aliphatic heterocycles. The van der Waals surface area contributed by atoms with Crippen LogP contribution in [0.3, 0.4) is 0 Å². The number of ether oxygens (including phenoxy) is 2. The Morgan fingerprint density at radius 2 is 1.83 bits per heavy atom. The summed E-state index contributed by atoms with van der Waals surface area (Å²) < 4.78 is 10.5. The number of nitrogens with zero attached hydrogens (tertiary/aromatic N) is 2. The van der Waals surface area contributed by atoms with Gasteiger partial charge >= 0.3 is 6.03 Å². The Bertz CT molecular complexity index is 919. The summed E-state index contributed by atoms with van der Waals surface area (Å²) in [6.45, 7) is 0.494. The van der Waals surface area contributed by atoms with Crippen molar-refractivity contribution >= 4 is 17.8 Å². The lowest BCUT2D eigenvalue weighted by atomic mass is 10.1. The zero-order valence-corrected chi connectivity index (χ0v) is 16.9. The summed E-state index contributed by atoms with van der Waals surface area (Å²) in [6, 6.07) is 7.64. The number of nitrogens with one attached hydrogen (secondary N) is 2. The van der Waals surface area contributed by atoms with Crippen LogP contribution in [0.2, 0.25) is 0 Å². The van der Waals surface area contributed by atoms with Crippen LogP contribution in [0.4, 0.5) is 4.79 Å². The monoisotopic (exact) mass is 412 g/mol. The van der Waals surface area contributed by atoms with E-state index in [0.717, 1.165) is 16.0 Å². The molecule has 158 valence electrons. The number of hydrogen-bond acceptors (Lipinski definition) is 6. The van der Waals surface area contributed by atoms with Gasteiger partial charge in [-0.2, -0.15) is 0 Å². The van der Waals surface area contributed by atoms with Gasteiger partial charge in [-0.15, -0.1) is 0 Å². The third kappa shape index (κ3) is 5.05. The quantitative estimate of drug-likeness (QED) is 0.606. The number of urea groups is 1. The Morgan fingerprint density at radius 1 is 1.10 bits per heavy atom. The number of benzene rings is 1. The molecule has 1 aromatic heterocycles. The van der Waals surface area contributed by atoms with Gasteiger partial charge in [-0.1, -0.05) is 6.07 Å². The molecule has 1 fully saturated rings. The summed E-state index contributed by atoms with van der Waals surface area (Å²) in [4.78, 5) is 42.0. The minimum atomic E-state index is -0.718. The van der Waals surface area contributed by atoms with Crippen LogP contribution in [0.1, 0.15) is 24.0 Å². The third-order valence-electron chi connectivity index (χ3n) is 4.79. The molecule has 1 unspecified atom stereocenters. The number of imide groups is 1. The van der Waals surface area contributed by atoms with Crippen LogP contribution >= 0.6 is 0 Å². The van der Waals surface area contributed by atoms with Crippen molar-refractivity contribution in [3.63, 3.8) is 0 Å². The normalized spacial score (nSPS) is 15.7. The Morgan fingerprint density at radius 3 is 2.53 bits per heavy atom. The molecule has 2 N–H and O–H groups in total. The van der Waals surface area contributed by atoms with Gasteiger partial charge in [0.25, 0.3) is 5.91 Å². The molecule has 0 spiro atoms. The van der Waals surface area contributed by atoms with Crippen LogP contribution in [0.5, 0.6) is 11.5 Å². The van der Waals surface area contributed by atoms with Crippen LogP contribution in [-0.4, -0.2) is 48.0 Å². The lowest BCUT2D eigenvalue weighted by Crippen LogP contribution is -2.32. The highest BCUT2D eigenvalue weighted by atomic mass is 16.5. The molecule has 30 heavy (non-hydrogen) atoms. The van der Waals surface area contributed by atoms with Crippen molar-refractivity contribution in [3.05, 3.63) is 53.9 Å². The van der Waals surface area contributed by atoms with Crippen molar-refractivity contribution in [2.24, 2.45) is 0 Å². The van der Waals surface area contributed by atoms with Crippen LogP contribution in [-0.2, 0) is 22.7 Å². The summed E-state index contributed by atoms with van der Waals surface area (Å²) in [5, 5.41) is 5.44. The molecule has 9 heteroatoms. The first kappa shape index (κ1) is 21.1. The van der Waals surface area contributed by atoms with Gasteiger partial charge in [0, 0.05) is 25.4 Å². The van der Waals surface area contributed by atoms with Gasteiger partial charge in [0.15, 0.2) is 11.5 Å². The van der Waals surface area contributed by atoms with Gasteiger partial charge in [0.2, 0.25) is 5.91 Å². The predicted octanol–water partition coefficient (Wildman–Crippen LogP) is 1.62. The summed E-state index contributed by atoms with van der Waals surface area (Å²) >= 11 is 0. The van der Waals surface area contributed by atoms with Crippen molar-refractivity contribution in [2.75, 3.05) is 14.2 Å². The van der Waals surface area contributed by atoms with E-state index in [0.29, 0.717) is 18.0 Å². The van der Waals surface area contributed by atoms with E-state index in [9.17, 15) is 14.4 Å². The molecule has 1 atom stereocenters. The molecule has 3 rings (SSSR count). The Kier molecular flexibility index (Phi) is 6.84. The molecule has 9 nitrogen and oxygen atoms in total. The summed E-state index contributed by atoms with van der Waals surface area (Å²) in [6.07, 6.45) is 3.67. The van der Waals surface area contributed by atoms with Crippen molar-refractivity contribution in [2.45, 2.75) is 32.0 Å². The Hall–Kier alpha value is -3.62. The third-order valence-corrected chi connectivity index (χ3v) is 4.79. The maximum Gasteiger partial charge on any atom is 0.325 e. The van der Waals surface area contributed by atoms with Crippen LogP contribution in [0, 0.1) is 0 Å². The smallest absolute Gasteiger partial charge is 0.325 e. The fraction of sp³-hybridized carbons (Fsp3) is 0.333. The van der Waals surface area contributed by atoms with Crippen molar-refractivity contribution in [1.82, 2.24) is 20.5 Å². The number of carbonyl (C=O) groups is 3. The van der Waals surface area contributed by atoms with Crippen LogP contribution in [0.25, 0.3) is 0 Å². The van der Waals surface area contributed by atoms with Crippen molar-refractivity contribution in [1.29, 1.82) is 0 Å². The van der Waals surface area contributed by atoms with Gasteiger partial charge in [-0.25, -0.2) is 4.79 Å². The fourth-order valence-corrected chi connectivity index (χ4v) is 3.15. The number of pyridine rings is 1. The van der Waals surface area contributed by atoms with E-state index in [-0.39, 0.29) is 31.2 Å². The predicted molar refractivity (Wildman–Crippen MR) is 108 cm³/mol. The number of aromatic nitrogens is 1. The second-order valence-corrected chi connectivity index (χ2v) is 6.79. The molecule has 2 heterocycles. The van der Waals surface area contributed by atoms with E-state index in [1.54, 1.807) is 30.6 Å². The van der Waals surface area contributed by atoms with E-state index in [1.807, 2.05) is 12.1 Å². The molecule has 4 amide bonds. The number of hydrogen-bond donors (Lipinski definition) is 2. The largest absolute Gasteiger partial charge is 0.493 e. The maximum absolute atomic E-state index is 12.6. The van der Waals surface area contributed by atoms with Crippen molar-refractivity contribution < 1.29 is 23.9 Å². The maximum atomic E-state index is 12.6.